The molecule has 0 spiro atoms. The van der Waals surface area contributed by atoms with Gasteiger partial charge in [0.05, 0.1) is 12.0 Å². The average Bonchev–Trinajstić information content (AvgIpc) is 2.87. The molecule has 0 radical (unpaired) electrons. The number of nitrogens with two attached hydrogens (primary N) is 1. The van der Waals surface area contributed by atoms with Gasteiger partial charge in [-0.2, -0.15) is 0 Å². The largest absolute Gasteiger partial charge is 0.333 e. The van der Waals surface area contributed by atoms with Gasteiger partial charge in [-0.25, -0.2) is 4.98 Å². The van der Waals surface area contributed by atoms with Crippen LogP contribution < -0.4 is 5.73 Å². The quantitative estimate of drug-likeness (QED) is 0.791. The first kappa shape index (κ1) is 10.6. The fraction of sp³-hybridized carbons (Fsp3) is 0.727. The van der Waals surface area contributed by atoms with E-state index < -0.39 is 0 Å². The minimum atomic E-state index is 0.588. The highest BCUT2D eigenvalue weighted by Gasteiger charge is 2.21. The second-order valence-corrected chi connectivity index (χ2v) is 4.29. The molecule has 0 amide bonds. The van der Waals surface area contributed by atoms with Crippen LogP contribution in [0.2, 0.25) is 0 Å². The summed E-state index contributed by atoms with van der Waals surface area (Å²) in [6, 6.07) is 0. The van der Waals surface area contributed by atoms with Gasteiger partial charge in [0.15, 0.2) is 0 Å². The van der Waals surface area contributed by atoms with Gasteiger partial charge >= 0.3 is 0 Å². The first-order valence-electron chi connectivity index (χ1n) is 5.75. The molecule has 1 aliphatic heterocycles. The van der Waals surface area contributed by atoms with Gasteiger partial charge in [-0.1, -0.05) is 6.92 Å². The maximum atomic E-state index is 5.65. The van der Waals surface area contributed by atoms with E-state index in [1.54, 1.807) is 0 Å². The molecule has 2 N–H and O–H groups in total. The zero-order chi connectivity index (χ0) is 10.7. The molecule has 0 aromatic carbocycles. The zero-order valence-electron chi connectivity index (χ0n) is 9.39. The molecule has 15 heavy (non-hydrogen) atoms. The van der Waals surface area contributed by atoms with E-state index in [1.165, 1.54) is 26.1 Å². The van der Waals surface area contributed by atoms with Crippen molar-refractivity contribution in [1.29, 1.82) is 0 Å². The summed E-state index contributed by atoms with van der Waals surface area (Å²) >= 11 is 0. The average molecular weight is 208 g/mol. The van der Waals surface area contributed by atoms with Gasteiger partial charge in [-0.05, 0) is 25.4 Å². The molecular weight excluding hydrogens is 188 g/mol. The van der Waals surface area contributed by atoms with Crippen LogP contribution >= 0.6 is 0 Å². The van der Waals surface area contributed by atoms with Crippen LogP contribution in [0, 0.1) is 5.92 Å². The van der Waals surface area contributed by atoms with Crippen LogP contribution in [0.1, 0.15) is 19.0 Å². The molecule has 4 heteroatoms. The lowest BCUT2D eigenvalue weighted by Gasteiger charge is -2.14. The van der Waals surface area contributed by atoms with Crippen LogP contribution in [0.4, 0.5) is 0 Å². The van der Waals surface area contributed by atoms with Crippen LogP contribution in [-0.2, 0) is 13.1 Å². The third-order valence-electron chi connectivity index (χ3n) is 3.28. The van der Waals surface area contributed by atoms with Crippen LogP contribution in [-0.4, -0.2) is 34.1 Å². The maximum Gasteiger partial charge on any atom is 0.0948 e. The standard InChI is InChI=1S/C11H20N4/c1-2-14-4-3-10(7-14)8-15-9-13-6-11(15)5-12/h6,9-10H,2-5,7-8,12H2,1H3. The van der Waals surface area contributed by atoms with Crippen molar-refractivity contribution in [3.63, 3.8) is 0 Å². The van der Waals surface area contributed by atoms with Gasteiger partial charge in [0.2, 0.25) is 0 Å². The fourth-order valence-corrected chi connectivity index (χ4v) is 2.31. The minimum Gasteiger partial charge on any atom is -0.333 e. The lowest BCUT2D eigenvalue weighted by atomic mass is 10.1. The molecule has 1 aromatic rings. The highest BCUT2D eigenvalue weighted by atomic mass is 15.2. The van der Waals surface area contributed by atoms with Gasteiger partial charge in [-0.3, -0.25) is 0 Å². The fourth-order valence-electron chi connectivity index (χ4n) is 2.31. The smallest absolute Gasteiger partial charge is 0.0948 e. The molecule has 0 bridgehead atoms. The van der Waals surface area contributed by atoms with E-state index in [-0.39, 0.29) is 0 Å². The number of hydrogen-bond donors (Lipinski definition) is 1. The lowest BCUT2D eigenvalue weighted by molar-refractivity contribution is 0.332. The molecule has 1 atom stereocenters. The topological polar surface area (TPSA) is 47.1 Å². The van der Waals surface area contributed by atoms with E-state index in [4.69, 9.17) is 5.73 Å². The third kappa shape index (κ3) is 2.38. The summed E-state index contributed by atoms with van der Waals surface area (Å²) in [6.07, 6.45) is 5.07. The van der Waals surface area contributed by atoms with Gasteiger partial charge in [-0.15, -0.1) is 0 Å². The first-order chi connectivity index (χ1) is 7.33. The van der Waals surface area contributed by atoms with Gasteiger partial charge in [0, 0.05) is 25.8 Å². The Kier molecular flexibility index (Phi) is 3.38. The first-order valence-corrected chi connectivity index (χ1v) is 5.75. The summed E-state index contributed by atoms with van der Waals surface area (Å²) in [5.41, 5.74) is 6.80. The summed E-state index contributed by atoms with van der Waals surface area (Å²) in [5.74, 6) is 0.768. The maximum absolute atomic E-state index is 5.65. The Morgan fingerprint density at radius 2 is 2.47 bits per heavy atom. The van der Waals surface area contributed by atoms with Crippen molar-refractivity contribution < 1.29 is 0 Å². The van der Waals surface area contributed by atoms with Crippen LogP contribution in [0.5, 0.6) is 0 Å². The molecule has 0 aliphatic carbocycles. The number of nitrogens with zero attached hydrogens (tertiary/aromatic N) is 3. The molecule has 1 aliphatic rings. The van der Waals surface area contributed by atoms with Crippen LogP contribution in [0.15, 0.2) is 12.5 Å². The van der Waals surface area contributed by atoms with Crippen molar-refractivity contribution in [1.82, 2.24) is 14.5 Å². The molecule has 1 aromatic heterocycles. The van der Waals surface area contributed by atoms with Gasteiger partial charge in [0.1, 0.15) is 0 Å². The van der Waals surface area contributed by atoms with E-state index >= 15 is 0 Å². The Balaban J connectivity index is 1.92. The second kappa shape index (κ2) is 4.77. The number of likely N-dealkylation sites (tertiary alicyclic amines) is 1. The van der Waals surface area contributed by atoms with Crippen molar-refractivity contribution in [2.75, 3.05) is 19.6 Å². The second-order valence-electron chi connectivity index (χ2n) is 4.29. The highest BCUT2D eigenvalue weighted by molar-refractivity contribution is 4.97. The summed E-state index contributed by atoms with van der Waals surface area (Å²) in [5, 5.41) is 0. The molecular formula is C11H20N4. The van der Waals surface area contributed by atoms with E-state index in [1.807, 2.05) is 12.5 Å². The summed E-state index contributed by atoms with van der Waals surface area (Å²) < 4.78 is 2.20. The van der Waals surface area contributed by atoms with Crippen molar-refractivity contribution in [3.05, 3.63) is 18.2 Å². The summed E-state index contributed by atoms with van der Waals surface area (Å²) in [7, 11) is 0. The number of imidazole rings is 1. The molecule has 2 heterocycles. The third-order valence-corrected chi connectivity index (χ3v) is 3.28. The van der Waals surface area contributed by atoms with Crippen molar-refractivity contribution in [2.45, 2.75) is 26.4 Å². The molecule has 1 fully saturated rings. The Labute approximate surface area is 91.1 Å². The summed E-state index contributed by atoms with van der Waals surface area (Å²) in [6.45, 7) is 7.52. The predicted octanol–water partition coefficient (Wildman–Crippen LogP) is 0.684. The molecule has 2 rings (SSSR count). The Morgan fingerprint density at radius 3 is 3.13 bits per heavy atom. The Morgan fingerprint density at radius 1 is 1.60 bits per heavy atom. The zero-order valence-corrected chi connectivity index (χ0v) is 9.39. The minimum absolute atomic E-state index is 0.588. The van der Waals surface area contributed by atoms with E-state index in [9.17, 15) is 0 Å². The van der Waals surface area contributed by atoms with E-state index in [2.05, 4.69) is 21.4 Å². The Hall–Kier alpha value is -0.870. The van der Waals surface area contributed by atoms with Crippen molar-refractivity contribution >= 4 is 0 Å². The lowest BCUT2D eigenvalue weighted by Crippen LogP contribution is -2.21. The monoisotopic (exact) mass is 208 g/mol. The van der Waals surface area contributed by atoms with Crippen LogP contribution in [0.3, 0.4) is 0 Å². The highest BCUT2D eigenvalue weighted by Crippen LogP contribution is 2.18. The Bertz CT molecular complexity index is 307. The molecule has 0 saturated carbocycles. The SMILES string of the molecule is CCN1CCC(Cn2cncc2CN)C1. The van der Waals surface area contributed by atoms with E-state index in [0.717, 1.165) is 18.2 Å². The molecule has 4 nitrogen and oxygen atoms in total. The van der Waals surface area contributed by atoms with E-state index in [0.29, 0.717) is 6.54 Å². The summed E-state index contributed by atoms with van der Waals surface area (Å²) in [4.78, 5) is 6.65. The molecule has 84 valence electrons. The molecule has 1 unspecified atom stereocenters. The van der Waals surface area contributed by atoms with Gasteiger partial charge in [0.25, 0.3) is 0 Å². The normalized spacial score (nSPS) is 22.4. The van der Waals surface area contributed by atoms with Crippen molar-refractivity contribution in [3.8, 4) is 0 Å². The van der Waals surface area contributed by atoms with Crippen molar-refractivity contribution in [2.24, 2.45) is 11.7 Å². The molecule has 1 saturated heterocycles. The number of rotatable bonds is 4. The number of aromatic nitrogens is 2. The predicted molar refractivity (Wildman–Crippen MR) is 60.3 cm³/mol. The van der Waals surface area contributed by atoms with Gasteiger partial charge < -0.3 is 15.2 Å². The van der Waals surface area contributed by atoms with Crippen LogP contribution in [0.25, 0.3) is 0 Å². The number of hydrogen-bond acceptors (Lipinski definition) is 3.